The Morgan fingerprint density at radius 2 is 1.92 bits per heavy atom. The van der Waals surface area contributed by atoms with Crippen LogP contribution in [0.15, 0.2) is 54.6 Å². The van der Waals surface area contributed by atoms with Crippen molar-refractivity contribution in [2.45, 2.75) is 30.7 Å². The predicted octanol–water partition coefficient (Wildman–Crippen LogP) is 3.91. The lowest BCUT2D eigenvalue weighted by Crippen LogP contribution is -2.40. The third-order valence-corrected chi connectivity index (χ3v) is 5.69. The normalized spacial score (nSPS) is 20.4. The number of carbonyl (C=O) groups excluding carboxylic acids is 1. The summed E-state index contributed by atoms with van der Waals surface area (Å²) in [5, 5.41) is 3.53. The molecule has 1 amide bonds. The molecule has 0 saturated carbocycles. The summed E-state index contributed by atoms with van der Waals surface area (Å²) in [4.78, 5) is 12.8. The number of methoxy groups -OCH3 is 1. The summed E-state index contributed by atoms with van der Waals surface area (Å²) in [5.74, 6) is 0.959. The fourth-order valence-corrected chi connectivity index (χ4v) is 4.52. The molecule has 3 atom stereocenters. The van der Waals surface area contributed by atoms with Crippen molar-refractivity contribution in [1.82, 2.24) is 5.32 Å². The van der Waals surface area contributed by atoms with Crippen molar-refractivity contribution in [3.05, 3.63) is 71.3 Å². The quantitative estimate of drug-likeness (QED) is 0.866. The summed E-state index contributed by atoms with van der Waals surface area (Å²) < 4.78 is 5.46. The minimum Gasteiger partial charge on any atom is -0.367 e. The first-order valence-corrected chi connectivity index (χ1v) is 9.37. The molecule has 1 aliphatic rings. The van der Waals surface area contributed by atoms with Gasteiger partial charge in [0.1, 0.15) is 0 Å². The van der Waals surface area contributed by atoms with Crippen LogP contribution in [0.2, 0.25) is 0 Å². The molecule has 2 aromatic rings. The zero-order valence-corrected chi connectivity index (χ0v) is 14.9. The second kappa shape index (κ2) is 7.86. The fraction of sp³-hybridized carbons (Fsp3) is 0.350. The van der Waals surface area contributed by atoms with Crippen molar-refractivity contribution < 1.29 is 9.53 Å². The summed E-state index contributed by atoms with van der Waals surface area (Å²) in [7, 11) is 1.58. The highest BCUT2D eigenvalue weighted by Gasteiger charge is 2.34. The zero-order chi connectivity index (χ0) is 16.9. The Kier molecular flexibility index (Phi) is 5.59. The zero-order valence-electron chi connectivity index (χ0n) is 14.1. The fourth-order valence-electron chi connectivity index (χ4n) is 3.35. The average molecular weight is 341 g/mol. The Balaban J connectivity index is 1.76. The SMILES string of the molecule is CCS[C@@H]1c2ccccc2C[C@H]1NC(=O)C(OC)c1ccccc1. The van der Waals surface area contributed by atoms with Crippen LogP contribution in [0.4, 0.5) is 0 Å². The van der Waals surface area contributed by atoms with Gasteiger partial charge in [-0.15, -0.1) is 0 Å². The standard InChI is InChI=1S/C20H23NO2S/c1-3-24-19-16-12-8-7-11-15(16)13-17(19)21-20(22)18(23-2)14-9-5-4-6-10-14/h4-12,17-19H,3,13H2,1-2H3,(H,21,22)/t17-,18?,19-/m1/s1. The number of thioether (sulfide) groups is 1. The van der Waals surface area contributed by atoms with Crippen LogP contribution in [-0.2, 0) is 16.0 Å². The molecule has 126 valence electrons. The molecule has 0 saturated heterocycles. The Bertz CT molecular complexity index is 689. The van der Waals surface area contributed by atoms with Gasteiger partial charge in [0.25, 0.3) is 5.91 Å². The van der Waals surface area contributed by atoms with Crippen molar-refractivity contribution in [2.24, 2.45) is 0 Å². The molecule has 4 heteroatoms. The molecular weight excluding hydrogens is 318 g/mol. The molecule has 24 heavy (non-hydrogen) atoms. The van der Waals surface area contributed by atoms with Crippen LogP contribution in [0.1, 0.15) is 35.0 Å². The maximum absolute atomic E-state index is 12.8. The van der Waals surface area contributed by atoms with E-state index in [1.54, 1.807) is 7.11 Å². The molecule has 0 heterocycles. The van der Waals surface area contributed by atoms with Gasteiger partial charge in [0.2, 0.25) is 0 Å². The summed E-state index contributed by atoms with van der Waals surface area (Å²) >= 11 is 1.89. The van der Waals surface area contributed by atoms with E-state index in [-0.39, 0.29) is 11.9 Å². The first-order valence-electron chi connectivity index (χ1n) is 8.32. The number of fused-ring (bicyclic) bond motifs is 1. The predicted molar refractivity (Wildman–Crippen MR) is 99.1 cm³/mol. The third kappa shape index (κ3) is 3.50. The lowest BCUT2D eigenvalue weighted by Gasteiger charge is -2.24. The van der Waals surface area contributed by atoms with Gasteiger partial charge in [-0.1, -0.05) is 61.5 Å². The Morgan fingerprint density at radius 1 is 1.21 bits per heavy atom. The molecule has 1 unspecified atom stereocenters. The smallest absolute Gasteiger partial charge is 0.254 e. The van der Waals surface area contributed by atoms with E-state index in [0.717, 1.165) is 17.7 Å². The number of amides is 1. The van der Waals surface area contributed by atoms with E-state index in [2.05, 4.69) is 36.5 Å². The number of hydrogen-bond donors (Lipinski definition) is 1. The molecular formula is C20H23NO2S. The number of benzene rings is 2. The largest absolute Gasteiger partial charge is 0.367 e. The molecule has 3 nitrogen and oxygen atoms in total. The van der Waals surface area contributed by atoms with Crippen molar-refractivity contribution in [3.63, 3.8) is 0 Å². The van der Waals surface area contributed by atoms with Gasteiger partial charge in [-0.2, -0.15) is 11.8 Å². The molecule has 1 aliphatic carbocycles. The molecule has 0 aromatic heterocycles. The van der Waals surface area contributed by atoms with Crippen LogP contribution in [0.3, 0.4) is 0 Å². The van der Waals surface area contributed by atoms with E-state index in [4.69, 9.17) is 4.74 Å². The van der Waals surface area contributed by atoms with Crippen LogP contribution < -0.4 is 5.32 Å². The molecule has 0 aliphatic heterocycles. The Morgan fingerprint density at radius 3 is 2.62 bits per heavy atom. The highest BCUT2D eigenvalue weighted by Crippen LogP contribution is 2.41. The van der Waals surface area contributed by atoms with Gasteiger partial charge in [0.05, 0.1) is 5.25 Å². The van der Waals surface area contributed by atoms with E-state index in [1.165, 1.54) is 11.1 Å². The van der Waals surface area contributed by atoms with Gasteiger partial charge < -0.3 is 10.1 Å². The Hall–Kier alpha value is -1.78. The molecule has 0 spiro atoms. The molecule has 0 fully saturated rings. The van der Waals surface area contributed by atoms with Gasteiger partial charge in [-0.3, -0.25) is 4.79 Å². The van der Waals surface area contributed by atoms with Gasteiger partial charge in [-0.25, -0.2) is 0 Å². The summed E-state index contributed by atoms with van der Waals surface area (Å²) in [6.07, 6.45) is 0.312. The second-order valence-electron chi connectivity index (χ2n) is 5.92. The monoisotopic (exact) mass is 341 g/mol. The molecule has 0 radical (unpaired) electrons. The maximum atomic E-state index is 12.8. The number of rotatable bonds is 6. The maximum Gasteiger partial charge on any atom is 0.254 e. The van der Waals surface area contributed by atoms with Crippen molar-refractivity contribution >= 4 is 17.7 Å². The van der Waals surface area contributed by atoms with Crippen molar-refractivity contribution in [3.8, 4) is 0 Å². The van der Waals surface area contributed by atoms with E-state index < -0.39 is 6.10 Å². The number of carbonyl (C=O) groups is 1. The lowest BCUT2D eigenvalue weighted by molar-refractivity contribution is -0.132. The summed E-state index contributed by atoms with van der Waals surface area (Å²) in [6.45, 7) is 2.16. The van der Waals surface area contributed by atoms with Gasteiger partial charge in [0.15, 0.2) is 6.10 Å². The number of ether oxygens (including phenoxy) is 1. The Labute approximate surface area is 147 Å². The highest BCUT2D eigenvalue weighted by atomic mass is 32.2. The number of hydrogen-bond acceptors (Lipinski definition) is 3. The van der Waals surface area contributed by atoms with Crippen LogP contribution in [0, 0.1) is 0 Å². The summed E-state index contributed by atoms with van der Waals surface area (Å²) in [6, 6.07) is 18.2. The van der Waals surface area contributed by atoms with E-state index in [1.807, 2.05) is 42.1 Å². The topological polar surface area (TPSA) is 38.3 Å². The minimum atomic E-state index is -0.567. The van der Waals surface area contributed by atoms with Crippen LogP contribution in [-0.4, -0.2) is 24.8 Å². The van der Waals surface area contributed by atoms with Crippen LogP contribution in [0.25, 0.3) is 0 Å². The highest BCUT2D eigenvalue weighted by molar-refractivity contribution is 7.99. The van der Waals surface area contributed by atoms with Crippen molar-refractivity contribution in [2.75, 3.05) is 12.9 Å². The van der Waals surface area contributed by atoms with Gasteiger partial charge in [-0.05, 0) is 28.9 Å². The van der Waals surface area contributed by atoms with Crippen LogP contribution >= 0.6 is 11.8 Å². The molecule has 2 aromatic carbocycles. The molecule has 0 bridgehead atoms. The van der Waals surface area contributed by atoms with Crippen LogP contribution in [0.5, 0.6) is 0 Å². The molecule has 1 N–H and O–H groups in total. The first-order chi connectivity index (χ1) is 11.7. The summed E-state index contributed by atoms with van der Waals surface area (Å²) in [5.41, 5.74) is 3.57. The molecule has 3 rings (SSSR count). The first kappa shape index (κ1) is 17.1. The van der Waals surface area contributed by atoms with E-state index >= 15 is 0 Å². The van der Waals surface area contributed by atoms with Gasteiger partial charge >= 0.3 is 0 Å². The third-order valence-electron chi connectivity index (χ3n) is 4.42. The average Bonchev–Trinajstić information content (AvgIpc) is 2.94. The van der Waals surface area contributed by atoms with E-state index in [0.29, 0.717) is 5.25 Å². The van der Waals surface area contributed by atoms with Gasteiger partial charge in [0, 0.05) is 13.2 Å². The second-order valence-corrected chi connectivity index (χ2v) is 7.34. The van der Waals surface area contributed by atoms with Crippen molar-refractivity contribution in [1.29, 1.82) is 0 Å². The minimum absolute atomic E-state index is 0.0665. The number of nitrogens with one attached hydrogen (secondary N) is 1. The lowest BCUT2D eigenvalue weighted by atomic mass is 10.1. The van der Waals surface area contributed by atoms with E-state index in [9.17, 15) is 4.79 Å².